The molecule has 0 aliphatic heterocycles. The number of hydrogen-bond donors (Lipinski definition) is 3. The number of halogens is 1. The van der Waals surface area contributed by atoms with Gasteiger partial charge in [-0.05, 0) is 44.0 Å². The summed E-state index contributed by atoms with van der Waals surface area (Å²) in [6, 6.07) is 6.61. The minimum absolute atomic E-state index is 0. The second kappa shape index (κ2) is 8.76. The van der Waals surface area contributed by atoms with Crippen molar-refractivity contribution in [2.45, 2.75) is 51.1 Å². The van der Waals surface area contributed by atoms with Crippen LogP contribution in [0.25, 0.3) is 0 Å². The summed E-state index contributed by atoms with van der Waals surface area (Å²) in [7, 11) is 0. The molecule has 22 heavy (non-hydrogen) atoms. The summed E-state index contributed by atoms with van der Waals surface area (Å²) in [5.41, 5.74) is 6.75. The zero-order valence-corrected chi connectivity index (χ0v) is 13.6. The second-order valence-corrected chi connectivity index (χ2v) is 5.66. The molecule has 0 unspecified atom stereocenters. The van der Waals surface area contributed by atoms with E-state index in [0.29, 0.717) is 17.3 Å². The molecule has 1 saturated carbocycles. The molecule has 5 nitrogen and oxygen atoms in total. The van der Waals surface area contributed by atoms with Gasteiger partial charge in [0.25, 0.3) is 5.91 Å². The van der Waals surface area contributed by atoms with Crippen LogP contribution in [0.4, 0.5) is 5.69 Å². The number of amides is 2. The molecule has 1 fully saturated rings. The number of nitrogens with two attached hydrogens (primary N) is 1. The molecule has 1 aromatic carbocycles. The molecule has 0 aromatic heterocycles. The van der Waals surface area contributed by atoms with Crippen molar-refractivity contribution in [2.24, 2.45) is 5.73 Å². The summed E-state index contributed by atoms with van der Waals surface area (Å²) >= 11 is 0. The Kier molecular flexibility index (Phi) is 7.35. The highest BCUT2D eigenvalue weighted by atomic mass is 35.5. The summed E-state index contributed by atoms with van der Waals surface area (Å²) in [6.45, 7) is 1.63. The fourth-order valence-electron chi connectivity index (χ4n) is 2.48. The lowest BCUT2D eigenvalue weighted by Crippen LogP contribution is -2.36. The van der Waals surface area contributed by atoms with Gasteiger partial charge >= 0.3 is 0 Å². The fraction of sp³-hybridized carbons (Fsp3) is 0.500. The molecule has 122 valence electrons. The van der Waals surface area contributed by atoms with Gasteiger partial charge in [-0.3, -0.25) is 9.59 Å². The van der Waals surface area contributed by atoms with E-state index in [1.54, 1.807) is 31.2 Å². The molecule has 1 aliphatic rings. The zero-order chi connectivity index (χ0) is 15.2. The van der Waals surface area contributed by atoms with Crippen molar-refractivity contribution in [1.82, 2.24) is 5.32 Å². The predicted molar refractivity (Wildman–Crippen MR) is 90.3 cm³/mol. The van der Waals surface area contributed by atoms with Crippen LogP contribution < -0.4 is 16.4 Å². The fourth-order valence-corrected chi connectivity index (χ4v) is 2.48. The maximum Gasteiger partial charge on any atom is 0.251 e. The second-order valence-electron chi connectivity index (χ2n) is 5.66. The molecule has 1 atom stereocenters. The number of hydrogen-bond acceptors (Lipinski definition) is 3. The highest BCUT2D eigenvalue weighted by molar-refractivity contribution is 5.97. The Labute approximate surface area is 137 Å². The van der Waals surface area contributed by atoms with Crippen molar-refractivity contribution in [2.75, 3.05) is 5.32 Å². The van der Waals surface area contributed by atoms with E-state index in [4.69, 9.17) is 5.73 Å². The van der Waals surface area contributed by atoms with Crippen molar-refractivity contribution in [3.05, 3.63) is 29.8 Å². The molecule has 4 N–H and O–H groups in total. The van der Waals surface area contributed by atoms with Crippen molar-refractivity contribution in [3.8, 4) is 0 Å². The molecule has 1 aliphatic carbocycles. The molecule has 0 heterocycles. The Balaban J connectivity index is 0.00000242. The average molecular weight is 326 g/mol. The number of rotatable bonds is 4. The van der Waals surface area contributed by atoms with E-state index >= 15 is 0 Å². The van der Waals surface area contributed by atoms with Crippen molar-refractivity contribution < 1.29 is 9.59 Å². The summed E-state index contributed by atoms with van der Waals surface area (Å²) in [5.74, 6) is -0.290. The topological polar surface area (TPSA) is 84.2 Å². The number of carbonyl (C=O) groups excluding carboxylic acids is 2. The maximum absolute atomic E-state index is 12.1. The maximum atomic E-state index is 12.1. The molecular weight excluding hydrogens is 302 g/mol. The third kappa shape index (κ3) is 5.31. The van der Waals surface area contributed by atoms with Crippen LogP contribution in [0.2, 0.25) is 0 Å². The lowest BCUT2D eigenvalue weighted by molar-refractivity contribution is -0.117. The van der Waals surface area contributed by atoms with Crippen LogP contribution >= 0.6 is 12.4 Å². The molecule has 1 aromatic rings. The first kappa shape index (κ1) is 18.5. The SMILES string of the molecule is C[C@H](N)C(=O)Nc1ccc(C(=O)NC2CCCCC2)cc1.Cl. The van der Waals surface area contributed by atoms with Gasteiger partial charge in [-0.15, -0.1) is 12.4 Å². The van der Waals surface area contributed by atoms with E-state index in [2.05, 4.69) is 10.6 Å². The minimum atomic E-state index is -0.556. The predicted octanol–water partition coefficient (Wildman–Crippen LogP) is 2.46. The molecule has 2 rings (SSSR count). The van der Waals surface area contributed by atoms with Gasteiger partial charge < -0.3 is 16.4 Å². The van der Waals surface area contributed by atoms with Crippen molar-refractivity contribution in [3.63, 3.8) is 0 Å². The summed E-state index contributed by atoms with van der Waals surface area (Å²) in [6.07, 6.45) is 5.77. The van der Waals surface area contributed by atoms with E-state index < -0.39 is 6.04 Å². The minimum Gasteiger partial charge on any atom is -0.349 e. The van der Waals surface area contributed by atoms with Gasteiger partial charge in [-0.1, -0.05) is 19.3 Å². The van der Waals surface area contributed by atoms with E-state index in [1.807, 2.05) is 0 Å². The summed E-state index contributed by atoms with van der Waals surface area (Å²) < 4.78 is 0. The van der Waals surface area contributed by atoms with Gasteiger partial charge in [0.2, 0.25) is 5.91 Å². The Morgan fingerprint density at radius 3 is 2.27 bits per heavy atom. The molecule has 0 spiro atoms. The van der Waals surface area contributed by atoms with E-state index in [1.165, 1.54) is 19.3 Å². The number of anilines is 1. The standard InChI is InChI=1S/C16H23N3O2.ClH/c1-11(17)15(20)18-14-9-7-12(8-10-14)16(21)19-13-5-3-2-4-6-13;/h7-11,13H,2-6,17H2,1H3,(H,18,20)(H,19,21);1H/t11-;/m0./s1. The number of benzene rings is 1. The molecule has 6 heteroatoms. The van der Waals surface area contributed by atoms with Crippen LogP contribution in [-0.4, -0.2) is 23.9 Å². The van der Waals surface area contributed by atoms with Crippen molar-refractivity contribution in [1.29, 1.82) is 0 Å². The average Bonchev–Trinajstić information content (AvgIpc) is 2.48. The number of nitrogens with one attached hydrogen (secondary N) is 2. The smallest absolute Gasteiger partial charge is 0.251 e. The van der Waals surface area contributed by atoms with Gasteiger partial charge in [0.05, 0.1) is 6.04 Å². The van der Waals surface area contributed by atoms with Crippen molar-refractivity contribution >= 4 is 29.9 Å². The van der Waals surface area contributed by atoms with E-state index in [-0.39, 0.29) is 24.2 Å². The first-order valence-corrected chi connectivity index (χ1v) is 7.53. The first-order chi connectivity index (χ1) is 10.1. The van der Waals surface area contributed by atoms with Crippen LogP contribution in [0.5, 0.6) is 0 Å². The molecule has 0 bridgehead atoms. The van der Waals surface area contributed by atoms with Crippen LogP contribution in [0.15, 0.2) is 24.3 Å². The molecule has 2 amide bonds. The number of carbonyl (C=O) groups is 2. The van der Waals surface area contributed by atoms with Gasteiger partial charge in [-0.25, -0.2) is 0 Å². The van der Waals surface area contributed by atoms with Gasteiger partial charge in [0.15, 0.2) is 0 Å². The normalized spacial score (nSPS) is 16.3. The Morgan fingerprint density at radius 2 is 1.73 bits per heavy atom. The molecule has 0 saturated heterocycles. The summed E-state index contributed by atoms with van der Waals surface area (Å²) in [4.78, 5) is 23.6. The monoisotopic (exact) mass is 325 g/mol. The van der Waals surface area contributed by atoms with Crippen LogP contribution in [0.1, 0.15) is 49.4 Å². The Bertz CT molecular complexity index is 497. The third-order valence-corrected chi connectivity index (χ3v) is 3.77. The lowest BCUT2D eigenvalue weighted by atomic mass is 9.95. The van der Waals surface area contributed by atoms with Gasteiger partial charge in [0.1, 0.15) is 0 Å². The molecular formula is C16H24ClN3O2. The van der Waals surface area contributed by atoms with Gasteiger partial charge in [-0.2, -0.15) is 0 Å². The Morgan fingerprint density at radius 1 is 1.14 bits per heavy atom. The first-order valence-electron chi connectivity index (χ1n) is 7.53. The van der Waals surface area contributed by atoms with Crippen LogP contribution in [-0.2, 0) is 4.79 Å². The van der Waals surface area contributed by atoms with Crippen LogP contribution in [0, 0.1) is 0 Å². The highest BCUT2D eigenvalue weighted by Gasteiger charge is 2.16. The highest BCUT2D eigenvalue weighted by Crippen LogP contribution is 2.18. The van der Waals surface area contributed by atoms with E-state index in [9.17, 15) is 9.59 Å². The van der Waals surface area contributed by atoms with Gasteiger partial charge in [0, 0.05) is 17.3 Å². The lowest BCUT2D eigenvalue weighted by Gasteiger charge is -2.22. The third-order valence-electron chi connectivity index (χ3n) is 3.77. The van der Waals surface area contributed by atoms with E-state index in [0.717, 1.165) is 12.8 Å². The zero-order valence-electron chi connectivity index (χ0n) is 12.8. The quantitative estimate of drug-likeness (QED) is 0.795. The molecule has 0 radical (unpaired) electrons. The summed E-state index contributed by atoms with van der Waals surface area (Å²) in [5, 5.41) is 5.76. The Hall–Kier alpha value is -1.59. The largest absolute Gasteiger partial charge is 0.349 e. The van der Waals surface area contributed by atoms with Crippen LogP contribution in [0.3, 0.4) is 0 Å².